The first-order valence-corrected chi connectivity index (χ1v) is 11.9. The molecular weight excluding hydrogens is 404 g/mol. The molecule has 5 nitrogen and oxygen atoms in total. The minimum absolute atomic E-state index is 0.140. The second-order valence-corrected chi connectivity index (χ2v) is 9.08. The van der Waals surface area contributed by atoms with Crippen LogP contribution in [0.4, 0.5) is 0 Å². The van der Waals surface area contributed by atoms with Crippen LogP contribution >= 0.6 is 23.1 Å². The van der Waals surface area contributed by atoms with Crippen LogP contribution in [-0.4, -0.2) is 28.3 Å². The summed E-state index contributed by atoms with van der Waals surface area (Å²) in [4.78, 5) is 32.6. The van der Waals surface area contributed by atoms with Gasteiger partial charge in [-0.15, -0.1) is 11.3 Å². The smallest absolute Gasteiger partial charge is 0.316 e. The van der Waals surface area contributed by atoms with E-state index in [1.54, 1.807) is 0 Å². The number of thiophene rings is 1. The van der Waals surface area contributed by atoms with Gasteiger partial charge in [-0.3, -0.25) is 9.59 Å². The summed E-state index contributed by atoms with van der Waals surface area (Å²) >= 11 is 2.67. The lowest BCUT2D eigenvalue weighted by Crippen LogP contribution is -2.12. The SMILES string of the molecule is CCCCOC(=O)CSc1nc2scc(-c3ccc4c(c3)CCCC4)c2c(=O)[nH]1. The van der Waals surface area contributed by atoms with Gasteiger partial charge in [0.1, 0.15) is 4.83 Å². The van der Waals surface area contributed by atoms with Crippen LogP contribution in [0.15, 0.2) is 33.5 Å². The predicted octanol–water partition coefficient (Wildman–Crippen LogP) is 4.97. The molecule has 7 heteroatoms. The van der Waals surface area contributed by atoms with Crippen molar-refractivity contribution < 1.29 is 9.53 Å². The lowest BCUT2D eigenvalue weighted by molar-refractivity contribution is -0.140. The molecular formula is C22H24N2O3S2. The molecule has 2 aromatic heterocycles. The molecule has 0 spiro atoms. The lowest BCUT2D eigenvalue weighted by Gasteiger charge is -2.16. The Morgan fingerprint density at radius 1 is 1.28 bits per heavy atom. The summed E-state index contributed by atoms with van der Waals surface area (Å²) in [6, 6.07) is 6.54. The minimum atomic E-state index is -0.285. The van der Waals surface area contributed by atoms with Crippen LogP contribution in [0.5, 0.6) is 0 Å². The van der Waals surface area contributed by atoms with Gasteiger partial charge in [-0.25, -0.2) is 4.98 Å². The van der Waals surface area contributed by atoms with E-state index in [1.165, 1.54) is 47.1 Å². The Balaban J connectivity index is 1.55. The molecule has 1 N–H and O–H groups in total. The van der Waals surface area contributed by atoms with Crippen molar-refractivity contribution in [2.75, 3.05) is 12.4 Å². The van der Waals surface area contributed by atoms with E-state index < -0.39 is 0 Å². The largest absolute Gasteiger partial charge is 0.465 e. The fraction of sp³-hybridized carbons (Fsp3) is 0.409. The van der Waals surface area contributed by atoms with Crippen molar-refractivity contribution in [3.05, 3.63) is 45.1 Å². The molecule has 1 aromatic carbocycles. The number of ether oxygens (including phenoxy) is 1. The second kappa shape index (κ2) is 9.13. The third-order valence-corrected chi connectivity index (χ3v) is 6.89. The molecule has 3 aromatic rings. The highest BCUT2D eigenvalue weighted by Crippen LogP contribution is 2.34. The number of carbonyl (C=O) groups is 1. The molecule has 2 heterocycles. The monoisotopic (exact) mass is 428 g/mol. The molecule has 0 saturated carbocycles. The zero-order chi connectivity index (χ0) is 20.2. The average molecular weight is 429 g/mol. The van der Waals surface area contributed by atoms with E-state index in [2.05, 4.69) is 28.2 Å². The van der Waals surface area contributed by atoms with E-state index in [0.717, 1.165) is 36.8 Å². The number of thioether (sulfide) groups is 1. The van der Waals surface area contributed by atoms with Gasteiger partial charge in [0.05, 0.1) is 17.7 Å². The van der Waals surface area contributed by atoms with Gasteiger partial charge in [0.25, 0.3) is 5.56 Å². The Morgan fingerprint density at radius 2 is 2.10 bits per heavy atom. The molecule has 0 fully saturated rings. The number of fused-ring (bicyclic) bond motifs is 2. The first-order chi connectivity index (χ1) is 14.2. The van der Waals surface area contributed by atoms with Crippen molar-refractivity contribution in [1.82, 2.24) is 9.97 Å². The van der Waals surface area contributed by atoms with Crippen LogP contribution in [0.2, 0.25) is 0 Å². The van der Waals surface area contributed by atoms with E-state index in [9.17, 15) is 9.59 Å². The normalized spacial score (nSPS) is 13.4. The maximum Gasteiger partial charge on any atom is 0.316 e. The first-order valence-electron chi connectivity index (χ1n) is 10.1. The minimum Gasteiger partial charge on any atom is -0.465 e. The number of aromatic nitrogens is 2. The summed E-state index contributed by atoms with van der Waals surface area (Å²) in [5.74, 6) is -0.145. The number of unbranched alkanes of at least 4 members (excludes halogenated alkanes) is 1. The maximum atomic E-state index is 12.8. The predicted molar refractivity (Wildman–Crippen MR) is 119 cm³/mol. The molecule has 0 unspecified atom stereocenters. The van der Waals surface area contributed by atoms with E-state index in [4.69, 9.17) is 4.74 Å². The number of nitrogens with one attached hydrogen (secondary N) is 1. The Bertz CT molecular complexity index is 1090. The highest BCUT2D eigenvalue weighted by Gasteiger charge is 2.16. The number of benzene rings is 1. The second-order valence-electron chi connectivity index (χ2n) is 7.25. The van der Waals surface area contributed by atoms with E-state index in [1.807, 2.05) is 12.3 Å². The molecule has 0 atom stereocenters. The number of esters is 1. The third-order valence-electron chi connectivity index (χ3n) is 5.17. The Morgan fingerprint density at radius 3 is 2.93 bits per heavy atom. The van der Waals surface area contributed by atoms with Crippen molar-refractivity contribution in [3.63, 3.8) is 0 Å². The molecule has 0 radical (unpaired) electrons. The quantitative estimate of drug-likeness (QED) is 0.249. The molecule has 0 bridgehead atoms. The maximum absolute atomic E-state index is 12.8. The van der Waals surface area contributed by atoms with E-state index >= 15 is 0 Å². The number of aromatic amines is 1. The van der Waals surface area contributed by atoms with Crippen molar-refractivity contribution in [3.8, 4) is 11.1 Å². The van der Waals surface area contributed by atoms with Crippen LogP contribution in [0.3, 0.4) is 0 Å². The molecule has 1 aliphatic rings. The van der Waals surface area contributed by atoms with E-state index in [-0.39, 0.29) is 17.3 Å². The standard InChI is InChI=1S/C22H24N2O3S2/c1-2-3-10-27-18(25)13-29-22-23-20(26)19-17(12-28-21(19)24-22)16-9-8-14-6-4-5-7-15(14)11-16/h8-9,11-12H,2-7,10,13H2,1H3,(H,23,24,26). The molecule has 152 valence electrons. The van der Waals surface area contributed by atoms with Gasteiger partial charge in [-0.2, -0.15) is 0 Å². The van der Waals surface area contributed by atoms with Gasteiger partial charge < -0.3 is 9.72 Å². The van der Waals surface area contributed by atoms with Gasteiger partial charge in [-0.05, 0) is 48.8 Å². The zero-order valence-electron chi connectivity index (χ0n) is 16.5. The Hall–Kier alpha value is -2.12. The number of carbonyl (C=O) groups excluding carboxylic acids is 1. The highest BCUT2D eigenvalue weighted by molar-refractivity contribution is 7.99. The van der Waals surface area contributed by atoms with Crippen LogP contribution in [0.25, 0.3) is 21.3 Å². The Kier molecular flexibility index (Phi) is 6.35. The summed E-state index contributed by atoms with van der Waals surface area (Å²) in [6.45, 7) is 2.49. The number of H-pyrrole nitrogens is 1. The summed E-state index contributed by atoms with van der Waals surface area (Å²) in [5.41, 5.74) is 4.67. The van der Waals surface area contributed by atoms with Gasteiger partial charge in [-0.1, -0.05) is 43.3 Å². The number of nitrogens with zero attached hydrogens (tertiary/aromatic N) is 1. The van der Waals surface area contributed by atoms with Crippen LogP contribution in [-0.2, 0) is 22.4 Å². The van der Waals surface area contributed by atoms with Crippen molar-refractivity contribution in [1.29, 1.82) is 0 Å². The number of hydrogen-bond acceptors (Lipinski definition) is 6. The van der Waals surface area contributed by atoms with Gasteiger partial charge in [0.2, 0.25) is 0 Å². The van der Waals surface area contributed by atoms with Crippen molar-refractivity contribution >= 4 is 39.3 Å². The summed E-state index contributed by atoms with van der Waals surface area (Å²) in [7, 11) is 0. The van der Waals surface area contributed by atoms with Crippen molar-refractivity contribution in [2.45, 2.75) is 50.6 Å². The molecule has 29 heavy (non-hydrogen) atoms. The first kappa shape index (κ1) is 20.2. The lowest BCUT2D eigenvalue weighted by atomic mass is 9.89. The third kappa shape index (κ3) is 4.56. The fourth-order valence-electron chi connectivity index (χ4n) is 3.61. The molecule has 4 rings (SSSR count). The highest BCUT2D eigenvalue weighted by atomic mass is 32.2. The summed E-state index contributed by atoms with van der Waals surface area (Å²) in [5, 5.41) is 3.08. The molecule has 0 amide bonds. The van der Waals surface area contributed by atoms with E-state index in [0.29, 0.717) is 22.0 Å². The molecule has 0 saturated heterocycles. The fourth-order valence-corrected chi connectivity index (χ4v) is 5.27. The zero-order valence-corrected chi connectivity index (χ0v) is 18.1. The Labute approximate surface area is 177 Å². The number of hydrogen-bond donors (Lipinski definition) is 1. The van der Waals surface area contributed by atoms with Gasteiger partial charge >= 0.3 is 5.97 Å². The van der Waals surface area contributed by atoms with Crippen LogP contribution < -0.4 is 5.56 Å². The number of rotatable bonds is 7. The summed E-state index contributed by atoms with van der Waals surface area (Å²) < 4.78 is 5.15. The molecule has 1 aliphatic carbocycles. The topological polar surface area (TPSA) is 72.0 Å². The van der Waals surface area contributed by atoms with Crippen LogP contribution in [0, 0.1) is 0 Å². The summed E-state index contributed by atoms with van der Waals surface area (Å²) in [6.07, 6.45) is 6.57. The van der Waals surface area contributed by atoms with Crippen molar-refractivity contribution in [2.24, 2.45) is 0 Å². The van der Waals surface area contributed by atoms with Gasteiger partial charge in [0, 0.05) is 10.9 Å². The molecule has 0 aliphatic heterocycles. The average Bonchev–Trinajstić information content (AvgIpc) is 3.17. The number of aryl methyl sites for hydroxylation is 2. The van der Waals surface area contributed by atoms with Crippen LogP contribution in [0.1, 0.15) is 43.7 Å². The van der Waals surface area contributed by atoms with Gasteiger partial charge in [0.15, 0.2) is 5.16 Å².